The molecule has 0 radical (unpaired) electrons. The van der Waals surface area contributed by atoms with E-state index in [9.17, 15) is 116 Å². The maximum Gasteiger partial charge on any atom is 0.335 e. The van der Waals surface area contributed by atoms with E-state index in [0.29, 0.717) is 0 Å². The van der Waals surface area contributed by atoms with Gasteiger partial charge < -0.3 is 155 Å². The van der Waals surface area contributed by atoms with Crippen LogP contribution in [0.4, 0.5) is 0 Å². The van der Waals surface area contributed by atoms with Gasteiger partial charge in [0.05, 0.1) is 19.8 Å². The van der Waals surface area contributed by atoms with E-state index in [0.717, 1.165) is 20.8 Å². The minimum Gasteiger partial charge on any atom is -0.479 e. The number of rotatable bonds is 19. The van der Waals surface area contributed by atoms with Gasteiger partial charge in [0, 0.05) is 20.8 Å². The summed E-state index contributed by atoms with van der Waals surface area (Å²) in [6, 6.07) is -5.60. The zero-order chi connectivity index (χ0) is 58.8. The van der Waals surface area contributed by atoms with E-state index in [4.69, 9.17) is 52.1 Å². The molecule has 0 spiro atoms. The lowest BCUT2D eigenvalue weighted by atomic mass is 9.93. The average Bonchev–Trinajstić information content (AvgIpc) is 3.45. The van der Waals surface area contributed by atoms with Gasteiger partial charge in [0.1, 0.15) is 128 Å². The highest BCUT2D eigenvalue weighted by molar-refractivity contribution is 5.75. The number of aliphatic hydroxyl groups is 14. The van der Waals surface area contributed by atoms with E-state index in [1.165, 1.54) is 0 Å². The highest BCUT2D eigenvalue weighted by atomic mass is 16.8. The largest absolute Gasteiger partial charge is 0.479 e. The number of nitrogens with one attached hydrogen (secondary N) is 3. The molecule has 0 bridgehead atoms. The lowest BCUT2D eigenvalue weighted by Gasteiger charge is -2.50. The Hall–Kier alpha value is -4.18. The first kappa shape index (κ1) is 64.0. The molecule has 79 heavy (non-hydrogen) atoms. The Morgan fingerprint density at radius 3 is 0.962 bits per heavy atom. The van der Waals surface area contributed by atoms with Crippen LogP contribution in [0.15, 0.2) is 0 Å². The second kappa shape index (κ2) is 26.8. The van der Waals surface area contributed by atoms with Gasteiger partial charge in [-0.3, -0.25) is 14.4 Å². The van der Waals surface area contributed by atoms with Gasteiger partial charge in [0.15, 0.2) is 56.1 Å². The van der Waals surface area contributed by atoms with Crippen molar-refractivity contribution >= 4 is 35.6 Å². The molecule has 20 N–H and O–H groups in total. The van der Waals surface area contributed by atoms with Crippen LogP contribution in [0.1, 0.15) is 20.8 Å². The fourth-order valence-electron chi connectivity index (χ4n) is 9.64. The zero-order valence-corrected chi connectivity index (χ0v) is 41.5. The summed E-state index contributed by atoms with van der Waals surface area (Å²) in [6.07, 6.45) is -59.2. The Morgan fingerprint density at radius 1 is 0.342 bits per heavy atom. The molecule has 0 aliphatic carbocycles. The fourth-order valence-corrected chi connectivity index (χ4v) is 9.64. The van der Waals surface area contributed by atoms with Crippen molar-refractivity contribution in [1.82, 2.24) is 16.0 Å². The number of carbonyl (C=O) groups excluding carboxylic acids is 3. The van der Waals surface area contributed by atoms with Crippen molar-refractivity contribution in [2.45, 2.75) is 205 Å². The van der Waals surface area contributed by atoms with Crippen LogP contribution < -0.4 is 16.0 Å². The van der Waals surface area contributed by atoms with Crippen LogP contribution in [0.2, 0.25) is 0 Å². The highest BCUT2D eigenvalue weighted by Crippen LogP contribution is 2.37. The van der Waals surface area contributed by atoms with E-state index in [1.54, 1.807) is 0 Å². The van der Waals surface area contributed by atoms with Gasteiger partial charge >= 0.3 is 17.9 Å². The fraction of sp³-hybridized carbons (Fsp3) is 0.857. The predicted octanol–water partition coefficient (Wildman–Crippen LogP) is -13.4. The molecule has 0 saturated carbocycles. The third-order valence-electron chi connectivity index (χ3n) is 13.5. The van der Waals surface area contributed by atoms with Gasteiger partial charge in [-0.2, -0.15) is 0 Å². The number of ether oxygens (including phenoxy) is 11. The molecule has 6 rings (SSSR count). The van der Waals surface area contributed by atoms with Crippen LogP contribution in [0.5, 0.6) is 0 Å². The van der Waals surface area contributed by atoms with Gasteiger partial charge in [-0.25, -0.2) is 14.4 Å². The number of carboxylic acid groups (broad SMARTS) is 3. The normalized spacial score (nSPS) is 46.6. The first-order chi connectivity index (χ1) is 37.1. The second-order valence-electron chi connectivity index (χ2n) is 19.1. The summed E-state index contributed by atoms with van der Waals surface area (Å²) in [7, 11) is 0. The molecule has 30 atom stereocenters. The zero-order valence-electron chi connectivity index (χ0n) is 41.5. The summed E-state index contributed by atoms with van der Waals surface area (Å²) >= 11 is 0. The van der Waals surface area contributed by atoms with E-state index in [2.05, 4.69) is 16.0 Å². The summed E-state index contributed by atoms with van der Waals surface area (Å²) in [4.78, 5) is 74.7. The van der Waals surface area contributed by atoms with Crippen molar-refractivity contribution < 1.29 is 168 Å². The van der Waals surface area contributed by atoms with Crippen molar-refractivity contribution in [2.75, 3.05) is 19.8 Å². The van der Waals surface area contributed by atoms with Gasteiger partial charge in [-0.05, 0) is 0 Å². The summed E-state index contributed by atoms with van der Waals surface area (Å²) in [6.45, 7) is -0.408. The molecule has 1 unspecified atom stereocenters. The second-order valence-corrected chi connectivity index (χ2v) is 19.1. The summed E-state index contributed by atoms with van der Waals surface area (Å²) < 4.78 is 61.2. The molecule has 452 valence electrons. The number of aliphatic carboxylic acids is 3. The van der Waals surface area contributed by atoms with Crippen molar-refractivity contribution in [3.05, 3.63) is 0 Å². The minimum absolute atomic E-state index is 0.806. The van der Waals surface area contributed by atoms with Crippen LogP contribution in [0.3, 0.4) is 0 Å². The Labute approximate surface area is 443 Å². The molecule has 6 aliphatic heterocycles. The summed E-state index contributed by atoms with van der Waals surface area (Å²) in [5.41, 5.74) is 0. The molecular formula is C42H65N3O34. The maximum absolute atomic E-state index is 12.9. The van der Waals surface area contributed by atoms with E-state index < -0.39 is 239 Å². The van der Waals surface area contributed by atoms with E-state index in [1.807, 2.05) is 0 Å². The SMILES string of the molecule is CC(=O)N[C@H]1[C@H](O[C@H]2[C@H](O)[C@@H](O)[C@H](O[C@H]3[C@@H](O)[C@@H](CO)O[C@@H](O[C@H]4[C@H](O)[C@@H](O)[C@H](OC5[C@@H](O)[C@@H](CO)O[C@@H](O)[C@@H]5NC(C)=O)O[C@@H]4C(=O)O)[C@@H]3NC(C)=O)O[C@@H]2C(=O)O)O[C@H](CO)[C@H](O)[C@@H]1O[C@@H]1O[C@H](C(=O)O)[C@@H](O)[C@H](O)[C@H]1O. The Kier molecular flexibility index (Phi) is 21.7. The van der Waals surface area contributed by atoms with Crippen LogP contribution in [-0.2, 0) is 80.9 Å². The number of carboxylic acids is 3. The Morgan fingerprint density at radius 2 is 0.633 bits per heavy atom. The van der Waals surface area contributed by atoms with E-state index >= 15 is 0 Å². The van der Waals surface area contributed by atoms with Crippen molar-refractivity contribution in [3.8, 4) is 0 Å². The number of aliphatic hydroxyl groups excluding tert-OH is 14. The maximum atomic E-state index is 12.9. The van der Waals surface area contributed by atoms with Crippen molar-refractivity contribution in [2.24, 2.45) is 0 Å². The first-order valence-corrected chi connectivity index (χ1v) is 24.1. The predicted molar refractivity (Wildman–Crippen MR) is 236 cm³/mol. The smallest absolute Gasteiger partial charge is 0.335 e. The molecular weight excluding hydrogens is 1090 g/mol. The number of amides is 3. The van der Waals surface area contributed by atoms with Crippen LogP contribution >= 0.6 is 0 Å². The number of hydrogen-bond acceptors (Lipinski definition) is 31. The van der Waals surface area contributed by atoms with Gasteiger partial charge in [-0.1, -0.05) is 0 Å². The lowest BCUT2D eigenvalue weighted by Crippen LogP contribution is -2.71. The molecule has 6 heterocycles. The minimum atomic E-state index is -2.52. The Bertz CT molecular complexity index is 2120. The van der Waals surface area contributed by atoms with Gasteiger partial charge in [0.25, 0.3) is 0 Å². The highest BCUT2D eigenvalue weighted by Gasteiger charge is 2.60. The monoisotopic (exact) mass is 1160 g/mol. The van der Waals surface area contributed by atoms with E-state index in [-0.39, 0.29) is 0 Å². The standard InChI is InChI=1S/C42H65N3O34/c1-7(49)43-13-26(16(52)10(4-46)69-37(13)68)72-41-24(60)21(57)29(32(78-41)35(64)65)75-39-15(45-9(3)51)28(18(54)12(6-48)71-39)74-42-25(61)22(58)30(33(79-42)36(66)67)76-38-14(44-8(2)50)27(17(53)11(5-47)70-38)73-40-23(59)19(55)20(56)31(77-40)34(62)63/h10-33,37-42,46-48,52-61,68H,4-6H2,1-3H3,(H,43,49)(H,44,50)(H,45,51)(H,62,63)(H,64,65)(H,66,67)/t10-,11-,12-,13-,14-,15-,16+,17+,18+,19+,20+,21-,22-,23-,24-,25-,26?,27-,28-,29+,30+,31+,32+,33+,37-,38+,39+,40-,41-,42-/m1/s1. The molecule has 3 amide bonds. The molecule has 6 fully saturated rings. The quantitative estimate of drug-likeness (QED) is 0.0571. The first-order valence-electron chi connectivity index (χ1n) is 24.1. The summed E-state index contributed by atoms with van der Waals surface area (Å²) in [5, 5.41) is 188. The molecule has 37 heteroatoms. The third kappa shape index (κ3) is 13.8. The average molecular weight is 1160 g/mol. The van der Waals surface area contributed by atoms with Crippen molar-refractivity contribution in [1.29, 1.82) is 0 Å². The Balaban J connectivity index is 1.25. The van der Waals surface area contributed by atoms with Crippen LogP contribution in [-0.4, -0.2) is 326 Å². The number of hydrogen-bond donors (Lipinski definition) is 20. The third-order valence-corrected chi connectivity index (χ3v) is 13.5. The summed E-state index contributed by atoms with van der Waals surface area (Å²) in [5.74, 6) is -8.58. The molecule has 6 saturated heterocycles. The lowest BCUT2D eigenvalue weighted by molar-refractivity contribution is -0.377. The van der Waals surface area contributed by atoms with Crippen LogP contribution in [0, 0.1) is 0 Å². The van der Waals surface area contributed by atoms with Gasteiger partial charge in [-0.15, -0.1) is 0 Å². The topological polar surface area (TPSA) is 584 Å². The van der Waals surface area contributed by atoms with Crippen LogP contribution in [0.25, 0.3) is 0 Å². The molecule has 6 aliphatic rings. The number of carbonyl (C=O) groups is 6. The molecule has 0 aromatic carbocycles. The molecule has 37 nitrogen and oxygen atoms in total. The molecule has 0 aromatic rings. The van der Waals surface area contributed by atoms with Gasteiger partial charge in [0.2, 0.25) is 17.7 Å². The van der Waals surface area contributed by atoms with Crippen molar-refractivity contribution in [3.63, 3.8) is 0 Å². The molecule has 0 aromatic heterocycles.